The molecule has 0 bridgehead atoms. The maximum Gasteiger partial charge on any atom is 0.123 e. The lowest BCUT2D eigenvalue weighted by Crippen LogP contribution is -2.07. The number of aliphatic hydroxyl groups is 1. The van der Waals surface area contributed by atoms with E-state index < -0.39 is 0 Å². The number of hydrogen-bond donors (Lipinski definition) is 1. The number of benzene rings is 1. The molecule has 1 unspecified atom stereocenters. The van der Waals surface area contributed by atoms with Crippen molar-refractivity contribution in [3.8, 4) is 0 Å². The van der Waals surface area contributed by atoms with Gasteiger partial charge in [0.25, 0.3) is 0 Å². The van der Waals surface area contributed by atoms with Gasteiger partial charge in [0.1, 0.15) is 5.82 Å². The second kappa shape index (κ2) is 5.11. The first kappa shape index (κ1) is 11.2. The van der Waals surface area contributed by atoms with E-state index in [-0.39, 0.29) is 18.3 Å². The van der Waals surface area contributed by atoms with Crippen molar-refractivity contribution in [2.24, 2.45) is 5.92 Å². The summed E-state index contributed by atoms with van der Waals surface area (Å²) in [7, 11) is 0. The molecule has 1 atom stereocenters. The van der Waals surface area contributed by atoms with E-state index in [0.29, 0.717) is 5.92 Å². The molecular formula is C12H17FO. The minimum absolute atomic E-state index is 0.129. The first-order chi connectivity index (χ1) is 6.63. The average molecular weight is 196 g/mol. The van der Waals surface area contributed by atoms with E-state index in [1.165, 1.54) is 12.1 Å². The fourth-order valence-corrected chi connectivity index (χ4v) is 1.62. The summed E-state index contributed by atoms with van der Waals surface area (Å²) in [6.45, 7) is 4.36. The summed E-state index contributed by atoms with van der Waals surface area (Å²) in [5, 5.41) is 9.20. The van der Waals surface area contributed by atoms with Crippen molar-refractivity contribution >= 4 is 0 Å². The topological polar surface area (TPSA) is 20.2 Å². The van der Waals surface area contributed by atoms with Crippen molar-refractivity contribution in [3.05, 3.63) is 35.6 Å². The van der Waals surface area contributed by atoms with Gasteiger partial charge in [0.05, 0.1) is 0 Å². The van der Waals surface area contributed by atoms with E-state index in [4.69, 9.17) is 0 Å². The van der Waals surface area contributed by atoms with E-state index >= 15 is 0 Å². The Morgan fingerprint density at radius 3 is 2.21 bits per heavy atom. The Morgan fingerprint density at radius 1 is 1.21 bits per heavy atom. The third kappa shape index (κ3) is 3.11. The van der Waals surface area contributed by atoms with Crippen molar-refractivity contribution in [2.45, 2.75) is 26.2 Å². The number of hydrogen-bond acceptors (Lipinski definition) is 1. The molecule has 1 aromatic carbocycles. The molecule has 0 saturated heterocycles. The molecule has 1 rings (SSSR count). The van der Waals surface area contributed by atoms with Crippen LogP contribution >= 0.6 is 0 Å². The predicted molar refractivity (Wildman–Crippen MR) is 55.7 cm³/mol. The summed E-state index contributed by atoms with van der Waals surface area (Å²) < 4.78 is 12.7. The molecule has 0 radical (unpaired) electrons. The Labute approximate surface area is 84.6 Å². The SMILES string of the molecule is CC(C)CC(CO)c1ccc(F)cc1. The number of aliphatic hydroxyl groups excluding tert-OH is 1. The third-order valence-electron chi connectivity index (χ3n) is 2.32. The molecule has 0 spiro atoms. The van der Waals surface area contributed by atoms with Crippen LogP contribution in [0.2, 0.25) is 0 Å². The second-order valence-electron chi connectivity index (χ2n) is 4.06. The highest BCUT2D eigenvalue weighted by atomic mass is 19.1. The Kier molecular flexibility index (Phi) is 4.08. The van der Waals surface area contributed by atoms with Gasteiger partial charge in [-0.05, 0) is 30.0 Å². The first-order valence-electron chi connectivity index (χ1n) is 4.99. The van der Waals surface area contributed by atoms with Crippen molar-refractivity contribution in [1.29, 1.82) is 0 Å². The smallest absolute Gasteiger partial charge is 0.123 e. The molecule has 14 heavy (non-hydrogen) atoms. The molecule has 0 aliphatic heterocycles. The van der Waals surface area contributed by atoms with Gasteiger partial charge in [0, 0.05) is 12.5 Å². The highest BCUT2D eigenvalue weighted by Crippen LogP contribution is 2.23. The lowest BCUT2D eigenvalue weighted by atomic mass is 9.91. The number of rotatable bonds is 4. The van der Waals surface area contributed by atoms with Gasteiger partial charge in [-0.1, -0.05) is 26.0 Å². The summed E-state index contributed by atoms with van der Waals surface area (Å²) in [6.07, 6.45) is 0.933. The van der Waals surface area contributed by atoms with Crippen molar-refractivity contribution < 1.29 is 9.50 Å². The Morgan fingerprint density at radius 2 is 1.79 bits per heavy atom. The van der Waals surface area contributed by atoms with Crippen LogP contribution in [0.4, 0.5) is 4.39 Å². The largest absolute Gasteiger partial charge is 0.396 e. The molecule has 0 amide bonds. The van der Waals surface area contributed by atoms with Crippen LogP contribution in [0.15, 0.2) is 24.3 Å². The van der Waals surface area contributed by atoms with E-state index in [1.807, 2.05) is 0 Å². The predicted octanol–water partition coefficient (Wildman–Crippen LogP) is 2.95. The molecular weight excluding hydrogens is 179 g/mol. The maximum atomic E-state index is 12.7. The summed E-state index contributed by atoms with van der Waals surface area (Å²) >= 11 is 0. The van der Waals surface area contributed by atoms with Crippen LogP contribution in [0, 0.1) is 11.7 Å². The highest BCUT2D eigenvalue weighted by Gasteiger charge is 2.11. The van der Waals surface area contributed by atoms with Gasteiger partial charge in [-0.3, -0.25) is 0 Å². The Bertz CT molecular complexity index is 266. The van der Waals surface area contributed by atoms with Gasteiger partial charge in [-0.25, -0.2) is 4.39 Å². The van der Waals surface area contributed by atoms with Crippen LogP contribution in [0.25, 0.3) is 0 Å². The highest BCUT2D eigenvalue weighted by molar-refractivity contribution is 5.20. The average Bonchev–Trinajstić information content (AvgIpc) is 2.15. The molecule has 2 heteroatoms. The molecule has 0 aromatic heterocycles. The fraction of sp³-hybridized carbons (Fsp3) is 0.500. The molecule has 0 heterocycles. The minimum Gasteiger partial charge on any atom is -0.396 e. The lowest BCUT2D eigenvalue weighted by molar-refractivity contribution is 0.249. The normalized spacial score (nSPS) is 13.2. The molecule has 78 valence electrons. The first-order valence-corrected chi connectivity index (χ1v) is 4.99. The molecule has 1 aromatic rings. The van der Waals surface area contributed by atoms with Crippen LogP contribution in [0.1, 0.15) is 31.7 Å². The monoisotopic (exact) mass is 196 g/mol. The van der Waals surface area contributed by atoms with Crippen LogP contribution in [-0.4, -0.2) is 11.7 Å². The zero-order valence-corrected chi connectivity index (χ0v) is 8.70. The fourth-order valence-electron chi connectivity index (χ4n) is 1.62. The van der Waals surface area contributed by atoms with E-state index in [2.05, 4.69) is 13.8 Å². The Balaban J connectivity index is 2.73. The standard InChI is InChI=1S/C12H17FO/c1-9(2)7-11(8-14)10-3-5-12(13)6-4-10/h3-6,9,11,14H,7-8H2,1-2H3. The summed E-state index contributed by atoms with van der Waals surface area (Å²) in [5.41, 5.74) is 1.02. The summed E-state index contributed by atoms with van der Waals surface area (Å²) in [5.74, 6) is 0.447. The van der Waals surface area contributed by atoms with Crippen molar-refractivity contribution in [3.63, 3.8) is 0 Å². The van der Waals surface area contributed by atoms with Gasteiger partial charge in [-0.15, -0.1) is 0 Å². The molecule has 0 aliphatic carbocycles. The Hall–Kier alpha value is -0.890. The third-order valence-corrected chi connectivity index (χ3v) is 2.32. The van der Waals surface area contributed by atoms with Crippen LogP contribution in [-0.2, 0) is 0 Å². The van der Waals surface area contributed by atoms with Crippen molar-refractivity contribution in [2.75, 3.05) is 6.61 Å². The van der Waals surface area contributed by atoms with E-state index in [9.17, 15) is 9.50 Å². The van der Waals surface area contributed by atoms with Gasteiger partial charge in [-0.2, -0.15) is 0 Å². The zero-order chi connectivity index (χ0) is 10.6. The van der Waals surface area contributed by atoms with Crippen molar-refractivity contribution in [1.82, 2.24) is 0 Å². The van der Waals surface area contributed by atoms with Gasteiger partial charge >= 0.3 is 0 Å². The van der Waals surface area contributed by atoms with Crippen LogP contribution in [0.3, 0.4) is 0 Å². The molecule has 0 saturated carbocycles. The van der Waals surface area contributed by atoms with Gasteiger partial charge in [0.2, 0.25) is 0 Å². The van der Waals surface area contributed by atoms with Crippen LogP contribution in [0.5, 0.6) is 0 Å². The number of halogens is 1. The zero-order valence-electron chi connectivity index (χ0n) is 8.70. The summed E-state index contributed by atoms with van der Waals surface area (Å²) in [6, 6.07) is 6.38. The van der Waals surface area contributed by atoms with E-state index in [1.54, 1.807) is 12.1 Å². The van der Waals surface area contributed by atoms with Gasteiger partial charge < -0.3 is 5.11 Å². The minimum atomic E-state index is -0.227. The summed E-state index contributed by atoms with van der Waals surface area (Å²) in [4.78, 5) is 0. The maximum absolute atomic E-state index is 12.7. The van der Waals surface area contributed by atoms with Gasteiger partial charge in [0.15, 0.2) is 0 Å². The molecule has 0 fully saturated rings. The quantitative estimate of drug-likeness (QED) is 0.785. The van der Waals surface area contributed by atoms with E-state index in [0.717, 1.165) is 12.0 Å². The molecule has 1 nitrogen and oxygen atoms in total. The lowest BCUT2D eigenvalue weighted by Gasteiger charge is -2.16. The molecule has 1 N–H and O–H groups in total. The van der Waals surface area contributed by atoms with Crippen LogP contribution < -0.4 is 0 Å². The second-order valence-corrected chi connectivity index (χ2v) is 4.06. The molecule has 0 aliphatic rings.